The highest BCUT2D eigenvalue weighted by Crippen LogP contribution is 2.24. The predicted molar refractivity (Wildman–Crippen MR) is 90.2 cm³/mol. The third-order valence-electron chi connectivity index (χ3n) is 4.77. The highest BCUT2D eigenvalue weighted by molar-refractivity contribution is 5.79. The van der Waals surface area contributed by atoms with Crippen LogP contribution in [0.15, 0.2) is 24.3 Å². The largest absolute Gasteiger partial charge is 0.481 e. The first kappa shape index (κ1) is 17.5. The van der Waals surface area contributed by atoms with E-state index in [1.807, 2.05) is 24.0 Å². The lowest BCUT2D eigenvalue weighted by molar-refractivity contribution is -0.148. The standard InChI is InChI=1S/C19H27NO3/c1-3-4-5-15-6-8-16(9-7-15)12-18(21)20-11-10-17(19(22)23)14(2)13-20/h6-9,14,17H,3-5,10-13H2,1-2H3,(H,22,23). The van der Waals surface area contributed by atoms with Gasteiger partial charge in [0, 0.05) is 13.1 Å². The number of benzene rings is 1. The van der Waals surface area contributed by atoms with Crippen molar-refractivity contribution in [1.82, 2.24) is 4.90 Å². The Kier molecular flexibility index (Phi) is 6.20. The van der Waals surface area contributed by atoms with E-state index in [0.717, 1.165) is 12.0 Å². The van der Waals surface area contributed by atoms with Crippen molar-refractivity contribution in [2.24, 2.45) is 11.8 Å². The van der Waals surface area contributed by atoms with Crippen molar-refractivity contribution in [1.29, 1.82) is 0 Å². The van der Waals surface area contributed by atoms with Gasteiger partial charge in [0.15, 0.2) is 0 Å². The number of hydrogen-bond acceptors (Lipinski definition) is 2. The number of likely N-dealkylation sites (tertiary alicyclic amines) is 1. The summed E-state index contributed by atoms with van der Waals surface area (Å²) >= 11 is 0. The fourth-order valence-electron chi connectivity index (χ4n) is 3.23. The van der Waals surface area contributed by atoms with Crippen molar-refractivity contribution < 1.29 is 14.7 Å². The van der Waals surface area contributed by atoms with Gasteiger partial charge in [-0.25, -0.2) is 0 Å². The van der Waals surface area contributed by atoms with Crippen LogP contribution in [0.1, 0.15) is 44.2 Å². The highest BCUT2D eigenvalue weighted by atomic mass is 16.4. The van der Waals surface area contributed by atoms with Crippen LogP contribution in [0.3, 0.4) is 0 Å². The summed E-state index contributed by atoms with van der Waals surface area (Å²) in [7, 11) is 0. The molecule has 4 nitrogen and oxygen atoms in total. The van der Waals surface area contributed by atoms with E-state index >= 15 is 0 Å². The average molecular weight is 317 g/mol. The molecule has 1 fully saturated rings. The molecular formula is C19H27NO3. The number of aryl methyl sites for hydroxylation is 1. The van der Waals surface area contributed by atoms with Crippen molar-refractivity contribution in [3.8, 4) is 0 Å². The number of amides is 1. The van der Waals surface area contributed by atoms with E-state index in [9.17, 15) is 9.59 Å². The molecule has 1 aromatic carbocycles. The second kappa shape index (κ2) is 8.14. The highest BCUT2D eigenvalue weighted by Gasteiger charge is 2.32. The molecule has 0 radical (unpaired) electrons. The summed E-state index contributed by atoms with van der Waals surface area (Å²) in [5.41, 5.74) is 2.35. The number of carbonyl (C=O) groups excluding carboxylic acids is 1. The molecule has 0 aliphatic carbocycles. The summed E-state index contributed by atoms with van der Waals surface area (Å²) in [6, 6.07) is 8.29. The van der Waals surface area contributed by atoms with Crippen molar-refractivity contribution >= 4 is 11.9 Å². The smallest absolute Gasteiger partial charge is 0.306 e. The summed E-state index contributed by atoms with van der Waals surface area (Å²) in [6.45, 7) is 5.20. The zero-order chi connectivity index (χ0) is 16.8. The third kappa shape index (κ3) is 4.81. The Morgan fingerprint density at radius 2 is 1.87 bits per heavy atom. The Labute approximate surface area is 138 Å². The molecule has 1 N–H and O–H groups in total. The zero-order valence-corrected chi connectivity index (χ0v) is 14.1. The fraction of sp³-hybridized carbons (Fsp3) is 0.579. The number of carboxylic acids is 1. The van der Waals surface area contributed by atoms with Crippen molar-refractivity contribution in [2.45, 2.75) is 46.0 Å². The Bertz CT molecular complexity index is 538. The summed E-state index contributed by atoms with van der Waals surface area (Å²) in [6.07, 6.45) is 4.42. The first-order valence-electron chi connectivity index (χ1n) is 8.59. The van der Waals surface area contributed by atoms with Gasteiger partial charge >= 0.3 is 5.97 Å². The number of carboxylic acid groups (broad SMARTS) is 1. The number of rotatable bonds is 6. The van der Waals surface area contributed by atoms with Gasteiger partial charge in [0.25, 0.3) is 0 Å². The Hall–Kier alpha value is -1.84. The molecule has 2 unspecified atom stereocenters. The van der Waals surface area contributed by atoms with Crippen LogP contribution in [-0.2, 0) is 22.4 Å². The molecule has 1 saturated heterocycles. The van der Waals surface area contributed by atoms with Crippen LogP contribution in [0.25, 0.3) is 0 Å². The van der Waals surface area contributed by atoms with Crippen molar-refractivity contribution in [3.63, 3.8) is 0 Å². The summed E-state index contributed by atoms with van der Waals surface area (Å²) < 4.78 is 0. The molecule has 1 aliphatic rings. The van der Waals surface area contributed by atoms with E-state index in [2.05, 4.69) is 19.1 Å². The second-order valence-corrected chi connectivity index (χ2v) is 6.65. The van der Waals surface area contributed by atoms with Crippen LogP contribution in [-0.4, -0.2) is 35.0 Å². The summed E-state index contributed by atoms with van der Waals surface area (Å²) in [5.74, 6) is -0.951. The third-order valence-corrected chi connectivity index (χ3v) is 4.77. The number of aliphatic carboxylic acids is 1. The molecule has 23 heavy (non-hydrogen) atoms. The van der Waals surface area contributed by atoms with E-state index in [0.29, 0.717) is 25.9 Å². The maximum absolute atomic E-state index is 12.4. The van der Waals surface area contributed by atoms with Crippen LogP contribution in [0.5, 0.6) is 0 Å². The van der Waals surface area contributed by atoms with Gasteiger partial charge in [-0.15, -0.1) is 0 Å². The van der Waals surface area contributed by atoms with Gasteiger partial charge in [-0.1, -0.05) is 44.5 Å². The number of piperidine rings is 1. The van der Waals surface area contributed by atoms with E-state index in [1.54, 1.807) is 0 Å². The SMILES string of the molecule is CCCCc1ccc(CC(=O)N2CCC(C(=O)O)C(C)C2)cc1. The van der Waals surface area contributed by atoms with E-state index < -0.39 is 5.97 Å². The normalized spacial score (nSPS) is 21.2. The molecule has 0 saturated carbocycles. The van der Waals surface area contributed by atoms with Gasteiger partial charge in [-0.2, -0.15) is 0 Å². The lowest BCUT2D eigenvalue weighted by Gasteiger charge is -2.35. The lowest BCUT2D eigenvalue weighted by atomic mass is 9.87. The van der Waals surface area contributed by atoms with Gasteiger partial charge in [0.1, 0.15) is 0 Å². The molecule has 2 atom stereocenters. The number of unbranched alkanes of at least 4 members (excludes halogenated alkanes) is 1. The lowest BCUT2D eigenvalue weighted by Crippen LogP contribution is -2.45. The Morgan fingerprint density at radius 1 is 1.22 bits per heavy atom. The molecular weight excluding hydrogens is 290 g/mol. The first-order valence-corrected chi connectivity index (χ1v) is 8.59. The van der Waals surface area contributed by atoms with Crippen LogP contribution < -0.4 is 0 Å². The Morgan fingerprint density at radius 3 is 2.43 bits per heavy atom. The maximum atomic E-state index is 12.4. The average Bonchev–Trinajstić information content (AvgIpc) is 2.53. The van der Waals surface area contributed by atoms with E-state index in [4.69, 9.17) is 5.11 Å². The van der Waals surface area contributed by atoms with Gasteiger partial charge < -0.3 is 10.0 Å². The van der Waals surface area contributed by atoms with Crippen LogP contribution >= 0.6 is 0 Å². The van der Waals surface area contributed by atoms with Gasteiger partial charge in [0.2, 0.25) is 5.91 Å². The molecule has 4 heteroatoms. The molecule has 126 valence electrons. The molecule has 0 aromatic heterocycles. The minimum atomic E-state index is -0.743. The van der Waals surface area contributed by atoms with Crippen LogP contribution in [0, 0.1) is 11.8 Å². The molecule has 0 bridgehead atoms. The van der Waals surface area contributed by atoms with Gasteiger partial charge in [-0.05, 0) is 36.3 Å². The minimum Gasteiger partial charge on any atom is -0.481 e. The molecule has 2 rings (SSSR count). The predicted octanol–water partition coefficient (Wildman–Crippen LogP) is 3.14. The van der Waals surface area contributed by atoms with E-state index in [1.165, 1.54) is 18.4 Å². The topological polar surface area (TPSA) is 57.6 Å². The number of hydrogen-bond donors (Lipinski definition) is 1. The molecule has 1 amide bonds. The number of nitrogens with zero attached hydrogens (tertiary/aromatic N) is 1. The van der Waals surface area contributed by atoms with Crippen LogP contribution in [0.4, 0.5) is 0 Å². The quantitative estimate of drug-likeness (QED) is 0.877. The van der Waals surface area contributed by atoms with Crippen molar-refractivity contribution in [2.75, 3.05) is 13.1 Å². The van der Waals surface area contributed by atoms with E-state index in [-0.39, 0.29) is 17.7 Å². The molecule has 1 aromatic rings. The molecule has 1 aliphatic heterocycles. The summed E-state index contributed by atoms with van der Waals surface area (Å²) in [5, 5.41) is 9.15. The Balaban J connectivity index is 1.88. The second-order valence-electron chi connectivity index (χ2n) is 6.65. The first-order chi connectivity index (χ1) is 11.0. The minimum absolute atomic E-state index is 0.0154. The van der Waals surface area contributed by atoms with Gasteiger partial charge in [-0.3, -0.25) is 9.59 Å². The van der Waals surface area contributed by atoms with Crippen LogP contribution in [0.2, 0.25) is 0 Å². The molecule has 0 spiro atoms. The zero-order valence-electron chi connectivity index (χ0n) is 14.1. The monoisotopic (exact) mass is 317 g/mol. The van der Waals surface area contributed by atoms with Gasteiger partial charge in [0.05, 0.1) is 12.3 Å². The fourth-order valence-corrected chi connectivity index (χ4v) is 3.23. The number of carbonyl (C=O) groups is 2. The molecule has 1 heterocycles. The van der Waals surface area contributed by atoms with Crippen molar-refractivity contribution in [3.05, 3.63) is 35.4 Å². The maximum Gasteiger partial charge on any atom is 0.306 e. The summed E-state index contributed by atoms with van der Waals surface area (Å²) in [4.78, 5) is 25.4.